The van der Waals surface area contributed by atoms with Gasteiger partial charge in [-0.25, -0.2) is 0 Å². The summed E-state index contributed by atoms with van der Waals surface area (Å²) in [7, 11) is 0. The van der Waals surface area contributed by atoms with Crippen LogP contribution in [0.3, 0.4) is 0 Å². The van der Waals surface area contributed by atoms with Crippen LogP contribution in [0.5, 0.6) is 0 Å². The number of hydrogen-bond donors (Lipinski definition) is 4. The zero-order valence-electron chi connectivity index (χ0n) is 7.66. The third kappa shape index (κ3) is 5.23. The highest BCUT2D eigenvalue weighted by molar-refractivity contribution is 7.80. The van der Waals surface area contributed by atoms with Crippen LogP contribution in [0.1, 0.15) is 0 Å². The topological polar surface area (TPSA) is 115 Å². The molecule has 0 amide bonds. The summed E-state index contributed by atoms with van der Waals surface area (Å²) < 4.78 is 0. The average Bonchev–Trinajstić information content (AvgIpc) is 2.01. The van der Waals surface area contributed by atoms with E-state index in [1.165, 1.54) is 0 Å². The molecule has 0 aliphatic rings. The molecule has 0 aliphatic heterocycles. The van der Waals surface area contributed by atoms with Crippen LogP contribution in [-0.2, 0) is 14.4 Å². The van der Waals surface area contributed by atoms with Gasteiger partial charge in [0.1, 0.15) is 6.04 Å². The average molecular weight is 237 g/mol. The number of nitrogens with zero attached hydrogens (tertiary/aromatic N) is 1. The van der Waals surface area contributed by atoms with E-state index in [1.54, 1.807) is 0 Å². The third-order valence-electron chi connectivity index (χ3n) is 1.58. The number of carbonyl (C=O) groups is 3. The highest BCUT2D eigenvalue weighted by Gasteiger charge is 2.27. The Morgan fingerprint density at radius 1 is 1.07 bits per heavy atom. The Bertz CT molecular complexity index is 252. The molecule has 0 aromatic heterocycles. The SMILES string of the molecule is O=C(O)CN(CC(=O)O)C(CS)C(=O)O. The van der Waals surface area contributed by atoms with Crippen molar-refractivity contribution >= 4 is 30.5 Å². The van der Waals surface area contributed by atoms with Crippen molar-refractivity contribution in [2.24, 2.45) is 0 Å². The van der Waals surface area contributed by atoms with Crippen molar-refractivity contribution < 1.29 is 29.7 Å². The summed E-state index contributed by atoms with van der Waals surface area (Å²) in [6.45, 7) is -1.30. The molecule has 0 aromatic rings. The second-order valence-corrected chi connectivity index (χ2v) is 3.09. The fourth-order valence-electron chi connectivity index (χ4n) is 0.974. The first-order valence-electron chi connectivity index (χ1n) is 3.89. The molecule has 3 N–H and O–H groups in total. The van der Waals surface area contributed by atoms with Gasteiger partial charge in [-0.05, 0) is 0 Å². The molecule has 0 fully saturated rings. The molecular weight excluding hydrogens is 226 g/mol. The molecule has 0 aliphatic carbocycles. The summed E-state index contributed by atoms with van der Waals surface area (Å²) in [5.74, 6) is -4.03. The zero-order chi connectivity index (χ0) is 12.0. The summed E-state index contributed by atoms with van der Waals surface area (Å²) in [4.78, 5) is 32.2. The Balaban J connectivity index is 4.64. The van der Waals surface area contributed by atoms with Gasteiger partial charge in [-0.3, -0.25) is 19.3 Å². The number of aliphatic carboxylic acids is 3. The van der Waals surface area contributed by atoms with Crippen molar-refractivity contribution in [3.63, 3.8) is 0 Å². The van der Waals surface area contributed by atoms with Crippen molar-refractivity contribution in [3.05, 3.63) is 0 Å². The van der Waals surface area contributed by atoms with Crippen molar-refractivity contribution in [2.75, 3.05) is 18.8 Å². The molecule has 0 saturated carbocycles. The fourth-order valence-corrected chi connectivity index (χ4v) is 1.36. The van der Waals surface area contributed by atoms with Gasteiger partial charge in [0.15, 0.2) is 0 Å². The van der Waals surface area contributed by atoms with Crippen molar-refractivity contribution in [1.29, 1.82) is 0 Å². The third-order valence-corrected chi connectivity index (χ3v) is 1.92. The Morgan fingerprint density at radius 2 is 1.47 bits per heavy atom. The standard InChI is InChI=1S/C7H11NO6S/c9-5(10)1-8(2-6(11)12)4(3-15)7(13)14/h4,15H,1-3H2,(H,9,10)(H,11,12)(H,13,14). The summed E-state index contributed by atoms with van der Waals surface area (Å²) >= 11 is 3.73. The first-order chi connectivity index (χ1) is 6.88. The van der Waals surface area contributed by atoms with E-state index < -0.39 is 37.0 Å². The molecule has 0 saturated heterocycles. The van der Waals surface area contributed by atoms with E-state index in [0.29, 0.717) is 0 Å². The lowest BCUT2D eigenvalue weighted by Gasteiger charge is -2.23. The summed E-state index contributed by atoms with van der Waals surface area (Å²) in [6.07, 6.45) is 0. The number of hydrogen-bond acceptors (Lipinski definition) is 5. The Labute approximate surface area is 90.7 Å². The van der Waals surface area contributed by atoms with Crippen LogP contribution in [0.25, 0.3) is 0 Å². The van der Waals surface area contributed by atoms with Crippen molar-refractivity contribution in [2.45, 2.75) is 6.04 Å². The minimum absolute atomic E-state index is 0.157. The van der Waals surface area contributed by atoms with E-state index in [0.717, 1.165) is 4.90 Å². The lowest BCUT2D eigenvalue weighted by atomic mass is 10.2. The Kier molecular flexibility index (Phi) is 5.72. The first-order valence-corrected chi connectivity index (χ1v) is 4.53. The molecule has 86 valence electrons. The smallest absolute Gasteiger partial charge is 0.321 e. The summed E-state index contributed by atoms with van der Waals surface area (Å²) in [5, 5.41) is 25.6. The number of thiol groups is 1. The van der Waals surface area contributed by atoms with Gasteiger partial charge >= 0.3 is 17.9 Å². The van der Waals surface area contributed by atoms with E-state index in [1.807, 2.05) is 0 Å². The molecule has 15 heavy (non-hydrogen) atoms. The lowest BCUT2D eigenvalue weighted by molar-refractivity contribution is -0.148. The lowest BCUT2D eigenvalue weighted by Crippen LogP contribution is -2.47. The van der Waals surface area contributed by atoms with E-state index >= 15 is 0 Å². The highest BCUT2D eigenvalue weighted by atomic mass is 32.1. The van der Waals surface area contributed by atoms with E-state index in [-0.39, 0.29) is 5.75 Å². The van der Waals surface area contributed by atoms with Crippen molar-refractivity contribution in [3.8, 4) is 0 Å². The monoisotopic (exact) mass is 237 g/mol. The van der Waals surface area contributed by atoms with Gasteiger partial charge in [0.2, 0.25) is 0 Å². The molecule has 1 atom stereocenters. The van der Waals surface area contributed by atoms with Gasteiger partial charge in [-0.1, -0.05) is 0 Å². The van der Waals surface area contributed by atoms with Gasteiger partial charge in [-0.2, -0.15) is 12.6 Å². The normalized spacial score (nSPS) is 12.4. The minimum Gasteiger partial charge on any atom is -0.480 e. The largest absolute Gasteiger partial charge is 0.480 e. The van der Waals surface area contributed by atoms with Crippen LogP contribution in [0.2, 0.25) is 0 Å². The maximum atomic E-state index is 10.7. The van der Waals surface area contributed by atoms with Crippen LogP contribution >= 0.6 is 12.6 Å². The molecule has 8 heteroatoms. The quantitative estimate of drug-likeness (QED) is 0.413. The van der Waals surface area contributed by atoms with Gasteiger partial charge in [0.25, 0.3) is 0 Å². The molecule has 0 spiro atoms. The van der Waals surface area contributed by atoms with Gasteiger partial charge in [-0.15, -0.1) is 0 Å². The van der Waals surface area contributed by atoms with Crippen LogP contribution in [0.4, 0.5) is 0 Å². The number of rotatable bonds is 7. The van der Waals surface area contributed by atoms with E-state index in [9.17, 15) is 14.4 Å². The molecular formula is C7H11NO6S. The second-order valence-electron chi connectivity index (χ2n) is 2.73. The minimum atomic E-state index is -1.30. The summed E-state index contributed by atoms with van der Waals surface area (Å²) in [6, 6.07) is -1.22. The van der Waals surface area contributed by atoms with Crippen molar-refractivity contribution in [1.82, 2.24) is 4.90 Å². The molecule has 1 unspecified atom stereocenters. The van der Waals surface area contributed by atoms with Crippen LogP contribution in [0, 0.1) is 0 Å². The zero-order valence-corrected chi connectivity index (χ0v) is 8.55. The molecule has 0 rings (SSSR count). The second kappa shape index (κ2) is 6.25. The van der Waals surface area contributed by atoms with Crippen LogP contribution in [-0.4, -0.2) is 63.0 Å². The van der Waals surface area contributed by atoms with E-state index in [4.69, 9.17) is 15.3 Å². The predicted molar refractivity (Wildman–Crippen MR) is 52.1 cm³/mol. The fraction of sp³-hybridized carbons (Fsp3) is 0.571. The number of carboxylic acid groups (broad SMARTS) is 3. The maximum Gasteiger partial charge on any atom is 0.321 e. The van der Waals surface area contributed by atoms with Crippen LogP contribution in [0.15, 0.2) is 0 Å². The first kappa shape index (κ1) is 13.7. The van der Waals surface area contributed by atoms with Gasteiger partial charge in [0.05, 0.1) is 13.1 Å². The van der Waals surface area contributed by atoms with Crippen LogP contribution < -0.4 is 0 Å². The Hall–Kier alpha value is -1.28. The molecule has 0 heterocycles. The maximum absolute atomic E-state index is 10.7. The van der Waals surface area contributed by atoms with Gasteiger partial charge < -0.3 is 15.3 Å². The highest BCUT2D eigenvalue weighted by Crippen LogP contribution is 2.02. The Morgan fingerprint density at radius 3 is 1.67 bits per heavy atom. The van der Waals surface area contributed by atoms with Gasteiger partial charge in [0, 0.05) is 5.75 Å². The summed E-state index contributed by atoms with van der Waals surface area (Å²) in [5.41, 5.74) is 0. The molecule has 0 radical (unpaired) electrons. The molecule has 0 bridgehead atoms. The predicted octanol–water partition coefficient (Wildman–Crippen LogP) is -1.16. The molecule has 0 aromatic carbocycles. The molecule has 7 nitrogen and oxygen atoms in total. The number of carboxylic acids is 3. The van der Waals surface area contributed by atoms with E-state index in [2.05, 4.69) is 12.6 Å².